The first kappa shape index (κ1) is 20.0. The number of aromatic nitrogens is 2. The van der Waals surface area contributed by atoms with Gasteiger partial charge in [0.1, 0.15) is 5.82 Å². The Labute approximate surface area is 170 Å². The van der Waals surface area contributed by atoms with Crippen molar-refractivity contribution in [3.63, 3.8) is 0 Å². The molecular weight excluding hydrogens is 376 g/mol. The fourth-order valence-electron chi connectivity index (χ4n) is 3.83. The number of fused-ring (bicyclic) bond motifs is 1. The van der Waals surface area contributed by atoms with Gasteiger partial charge in [-0.2, -0.15) is 0 Å². The van der Waals surface area contributed by atoms with Gasteiger partial charge in [-0.3, -0.25) is 10.1 Å². The van der Waals surface area contributed by atoms with E-state index in [0.717, 1.165) is 22.3 Å². The summed E-state index contributed by atoms with van der Waals surface area (Å²) in [5, 5.41) is 11.9. The van der Waals surface area contributed by atoms with Crippen LogP contribution >= 0.6 is 0 Å². The molecule has 3 aromatic rings. The number of hydrogen-bond donors (Lipinski definition) is 0. The van der Waals surface area contributed by atoms with Crippen LogP contribution in [-0.4, -0.2) is 28.0 Å². The number of nitro groups is 1. The van der Waals surface area contributed by atoms with Crippen molar-refractivity contribution >= 4 is 22.4 Å². The van der Waals surface area contributed by atoms with Gasteiger partial charge in [0.2, 0.25) is 0 Å². The van der Waals surface area contributed by atoms with E-state index in [4.69, 9.17) is 9.97 Å². The van der Waals surface area contributed by atoms with Gasteiger partial charge in [0.15, 0.2) is 5.82 Å². The monoisotopic (exact) mass is 397 g/mol. The van der Waals surface area contributed by atoms with Crippen molar-refractivity contribution in [3.8, 4) is 11.4 Å². The average molecular weight is 398 g/mol. The number of halogens is 1. The number of benzene rings is 2. The smallest absolute Gasteiger partial charge is 0.269 e. The minimum Gasteiger partial charge on any atom is -1.00 e. The van der Waals surface area contributed by atoms with Gasteiger partial charge in [0.05, 0.1) is 10.4 Å². The van der Waals surface area contributed by atoms with Crippen molar-refractivity contribution in [3.05, 3.63) is 58.6 Å². The molecule has 0 atom stereocenters. The summed E-state index contributed by atoms with van der Waals surface area (Å²) in [7, 11) is 2.12. The third kappa shape index (κ3) is 3.92. The van der Waals surface area contributed by atoms with Crippen LogP contribution in [0.25, 0.3) is 22.3 Å². The third-order valence-electron chi connectivity index (χ3n) is 5.38. The second-order valence-corrected chi connectivity index (χ2v) is 7.09. The molecule has 1 fully saturated rings. The fourth-order valence-corrected chi connectivity index (χ4v) is 3.83. The maximum atomic E-state index is 10.9. The summed E-state index contributed by atoms with van der Waals surface area (Å²) in [4.78, 5) is 22.4. The van der Waals surface area contributed by atoms with Crippen LogP contribution in [0, 0.1) is 10.1 Å². The Balaban J connectivity index is 0.00000225. The molecule has 1 aliphatic rings. The molecule has 0 bridgehead atoms. The summed E-state index contributed by atoms with van der Waals surface area (Å²) in [6.45, 7) is 0. The summed E-state index contributed by atoms with van der Waals surface area (Å²) in [6, 6.07) is 14.9. The lowest BCUT2D eigenvalue weighted by Crippen LogP contribution is -3.00. The van der Waals surface area contributed by atoms with Gasteiger partial charge in [0.25, 0.3) is 5.69 Å². The molecule has 0 aliphatic heterocycles. The van der Waals surface area contributed by atoms with Crippen LogP contribution in [0.4, 0.5) is 11.5 Å². The highest BCUT2D eigenvalue weighted by atomic mass is 35.5. The summed E-state index contributed by atoms with van der Waals surface area (Å²) >= 11 is 0. The second kappa shape index (κ2) is 8.52. The van der Waals surface area contributed by atoms with Gasteiger partial charge < -0.3 is 17.3 Å². The van der Waals surface area contributed by atoms with Crippen molar-refractivity contribution in [2.45, 2.75) is 38.1 Å². The molecule has 4 rings (SSSR count). The van der Waals surface area contributed by atoms with E-state index in [2.05, 4.69) is 18.0 Å². The molecule has 7 heteroatoms. The zero-order chi connectivity index (χ0) is 18.8. The highest BCUT2D eigenvalue weighted by Gasteiger charge is 2.22. The predicted octanol–water partition coefficient (Wildman–Crippen LogP) is 1.98. The van der Waals surface area contributed by atoms with Crippen molar-refractivity contribution in [2.75, 3.05) is 11.9 Å². The van der Waals surface area contributed by atoms with Crippen molar-refractivity contribution < 1.29 is 17.3 Å². The van der Waals surface area contributed by atoms with Gasteiger partial charge >= 0.3 is 0 Å². The number of non-ortho nitro benzene ring substituents is 1. The molecule has 2 aromatic carbocycles. The van der Waals surface area contributed by atoms with Crippen LogP contribution in [0.5, 0.6) is 0 Å². The molecule has 6 nitrogen and oxygen atoms in total. The largest absolute Gasteiger partial charge is 1.00 e. The molecular formula is C21H22ClN4O2-. The number of nitrogens with zero attached hydrogens (tertiary/aromatic N) is 4. The third-order valence-corrected chi connectivity index (χ3v) is 5.38. The first-order chi connectivity index (χ1) is 13.1. The lowest BCUT2D eigenvalue weighted by atomic mass is 9.94. The number of nitro benzene ring substituents is 1. The van der Waals surface area contributed by atoms with E-state index >= 15 is 0 Å². The van der Waals surface area contributed by atoms with Gasteiger partial charge in [0, 0.05) is 36.2 Å². The van der Waals surface area contributed by atoms with E-state index in [1.54, 1.807) is 12.1 Å². The van der Waals surface area contributed by atoms with Crippen LogP contribution in [-0.2, 0) is 0 Å². The van der Waals surface area contributed by atoms with Crippen molar-refractivity contribution in [1.82, 2.24) is 9.97 Å². The molecule has 0 radical (unpaired) electrons. The molecule has 1 aromatic heterocycles. The van der Waals surface area contributed by atoms with E-state index in [1.807, 2.05) is 18.2 Å². The highest BCUT2D eigenvalue weighted by molar-refractivity contribution is 5.91. The number of para-hydroxylation sites is 1. The molecule has 0 N–H and O–H groups in total. The van der Waals surface area contributed by atoms with Crippen LogP contribution in [0.15, 0.2) is 48.5 Å². The van der Waals surface area contributed by atoms with Crippen LogP contribution in [0.3, 0.4) is 0 Å². The molecule has 0 unspecified atom stereocenters. The predicted molar refractivity (Wildman–Crippen MR) is 107 cm³/mol. The molecule has 0 amide bonds. The number of anilines is 1. The van der Waals surface area contributed by atoms with E-state index in [0.29, 0.717) is 11.9 Å². The Kier molecular flexibility index (Phi) is 6.09. The maximum absolute atomic E-state index is 10.9. The standard InChI is InChI=1S/C21H22N4O2.ClH/c1-24(16-7-3-2-4-8-16)21-18-9-5-6-10-19(18)22-20(23-21)15-11-13-17(14-12-15)25(26)27;/h5-6,9-14,16H,2-4,7-8H2,1H3;1H/p-1. The normalized spacial score (nSPS) is 14.5. The van der Waals surface area contributed by atoms with E-state index in [1.165, 1.54) is 44.2 Å². The average Bonchev–Trinajstić information content (AvgIpc) is 2.73. The Morgan fingerprint density at radius 1 is 1.00 bits per heavy atom. The second-order valence-electron chi connectivity index (χ2n) is 7.09. The topological polar surface area (TPSA) is 72.2 Å². The van der Waals surface area contributed by atoms with E-state index in [-0.39, 0.29) is 18.1 Å². The van der Waals surface area contributed by atoms with Gasteiger partial charge in [-0.05, 0) is 37.1 Å². The Bertz CT molecular complexity index is 972. The van der Waals surface area contributed by atoms with Crippen LogP contribution < -0.4 is 17.3 Å². The van der Waals surface area contributed by atoms with Gasteiger partial charge in [-0.25, -0.2) is 9.97 Å². The molecule has 28 heavy (non-hydrogen) atoms. The molecule has 1 saturated carbocycles. The molecule has 0 spiro atoms. The lowest BCUT2D eigenvalue weighted by Gasteiger charge is -2.32. The summed E-state index contributed by atoms with van der Waals surface area (Å²) in [5.74, 6) is 1.53. The Hall–Kier alpha value is -2.73. The van der Waals surface area contributed by atoms with Crippen molar-refractivity contribution in [2.24, 2.45) is 0 Å². The lowest BCUT2D eigenvalue weighted by molar-refractivity contribution is -0.384. The quantitative estimate of drug-likeness (QED) is 0.497. The van der Waals surface area contributed by atoms with E-state index < -0.39 is 4.92 Å². The summed E-state index contributed by atoms with van der Waals surface area (Å²) < 4.78 is 0. The van der Waals surface area contributed by atoms with Gasteiger partial charge in [-0.15, -0.1) is 0 Å². The summed E-state index contributed by atoms with van der Waals surface area (Å²) in [5.41, 5.74) is 1.74. The first-order valence-electron chi connectivity index (χ1n) is 9.38. The fraction of sp³-hybridized carbons (Fsp3) is 0.333. The van der Waals surface area contributed by atoms with Crippen LogP contribution in [0.1, 0.15) is 32.1 Å². The zero-order valence-corrected chi connectivity index (χ0v) is 16.5. The zero-order valence-electron chi connectivity index (χ0n) is 15.7. The van der Waals surface area contributed by atoms with Gasteiger partial charge in [-0.1, -0.05) is 31.4 Å². The minimum atomic E-state index is -0.396. The highest BCUT2D eigenvalue weighted by Crippen LogP contribution is 2.31. The first-order valence-corrected chi connectivity index (χ1v) is 9.38. The molecule has 0 saturated heterocycles. The summed E-state index contributed by atoms with van der Waals surface area (Å²) in [6.07, 6.45) is 6.19. The Morgan fingerprint density at radius 3 is 2.36 bits per heavy atom. The SMILES string of the molecule is CN(c1nc(-c2ccc([N+](=O)[O-])cc2)nc2ccccc12)C1CCCCC1.[Cl-]. The number of hydrogen-bond acceptors (Lipinski definition) is 5. The number of rotatable bonds is 4. The van der Waals surface area contributed by atoms with Crippen molar-refractivity contribution in [1.29, 1.82) is 0 Å². The van der Waals surface area contributed by atoms with E-state index in [9.17, 15) is 10.1 Å². The molecule has 146 valence electrons. The maximum Gasteiger partial charge on any atom is 0.269 e. The Morgan fingerprint density at radius 2 is 1.68 bits per heavy atom. The minimum absolute atomic E-state index is 0. The molecule has 1 heterocycles. The van der Waals surface area contributed by atoms with Crippen LogP contribution in [0.2, 0.25) is 0 Å². The molecule has 1 aliphatic carbocycles.